The Kier molecular flexibility index (Phi) is 10.9. The highest BCUT2D eigenvalue weighted by atomic mass is 35.5. The van der Waals surface area contributed by atoms with Crippen LogP contribution in [-0.2, 0) is 6.42 Å². The lowest BCUT2D eigenvalue weighted by Crippen LogP contribution is -2.23. The maximum absolute atomic E-state index is 15.1. The van der Waals surface area contributed by atoms with Gasteiger partial charge in [0, 0.05) is 35.8 Å². The van der Waals surface area contributed by atoms with Gasteiger partial charge >= 0.3 is 5.69 Å². The monoisotopic (exact) mass is 593 g/mol. The van der Waals surface area contributed by atoms with Crippen molar-refractivity contribution >= 4 is 28.5 Å². The fourth-order valence-corrected chi connectivity index (χ4v) is 5.33. The highest BCUT2D eigenvalue weighted by Crippen LogP contribution is 2.31. The molecule has 0 aliphatic heterocycles. The second-order valence-electron chi connectivity index (χ2n) is 11.0. The summed E-state index contributed by atoms with van der Waals surface area (Å²) in [5, 5.41) is 4.36. The first-order valence-electron chi connectivity index (χ1n) is 14.6. The average Bonchev–Trinajstić information content (AvgIpc) is 3.36. The Hall–Kier alpha value is -3.53. The van der Waals surface area contributed by atoms with Gasteiger partial charge in [-0.3, -0.25) is 9.56 Å². The molecule has 42 heavy (non-hydrogen) atoms. The summed E-state index contributed by atoms with van der Waals surface area (Å²) in [4.78, 5) is 24.6. The van der Waals surface area contributed by atoms with Gasteiger partial charge in [0.2, 0.25) is 0 Å². The molecule has 2 aromatic heterocycles. The van der Waals surface area contributed by atoms with Gasteiger partial charge in [-0.05, 0) is 94.0 Å². The lowest BCUT2D eigenvalue weighted by Gasteiger charge is -2.19. The molecule has 6 N–H and O–H groups in total. The van der Waals surface area contributed by atoms with Crippen LogP contribution in [0.2, 0.25) is 5.02 Å². The van der Waals surface area contributed by atoms with Crippen LogP contribution in [0.3, 0.4) is 0 Å². The molecule has 0 saturated heterocycles. The van der Waals surface area contributed by atoms with Crippen molar-refractivity contribution in [2.75, 3.05) is 13.1 Å². The predicted molar refractivity (Wildman–Crippen MR) is 171 cm³/mol. The quantitative estimate of drug-likeness (QED) is 0.0805. The molecule has 4 rings (SSSR count). The summed E-state index contributed by atoms with van der Waals surface area (Å²) in [6, 6.07) is 13.5. The number of benzene rings is 2. The number of nitrogens with zero attached hydrogens (tertiary/aromatic N) is 3. The van der Waals surface area contributed by atoms with Gasteiger partial charge in [-0.15, -0.1) is 0 Å². The average molecular weight is 594 g/mol. The van der Waals surface area contributed by atoms with Crippen LogP contribution in [0.5, 0.6) is 0 Å². The summed E-state index contributed by atoms with van der Waals surface area (Å²) in [6.45, 7) is 7.46. The first kappa shape index (κ1) is 31.4. The molecule has 0 amide bonds. The van der Waals surface area contributed by atoms with Gasteiger partial charge in [0.05, 0.1) is 22.2 Å². The predicted octanol–water partition coefficient (Wildman–Crippen LogP) is 6.04. The number of fused-ring (bicyclic) bond motifs is 1. The minimum atomic E-state index is -0.512. The third kappa shape index (κ3) is 8.06. The van der Waals surface area contributed by atoms with Crippen LogP contribution < -0.4 is 22.5 Å². The number of rotatable bonds is 14. The van der Waals surface area contributed by atoms with Crippen molar-refractivity contribution in [2.45, 2.75) is 71.4 Å². The van der Waals surface area contributed by atoms with Crippen molar-refractivity contribution < 1.29 is 4.39 Å². The topological polar surface area (TPSA) is 127 Å². The van der Waals surface area contributed by atoms with Gasteiger partial charge in [-0.1, -0.05) is 37.1 Å². The van der Waals surface area contributed by atoms with E-state index < -0.39 is 11.5 Å². The first-order chi connectivity index (χ1) is 20.2. The van der Waals surface area contributed by atoms with Crippen LogP contribution in [0.15, 0.2) is 58.4 Å². The molecule has 0 fully saturated rings. The number of aliphatic imine (C=N–C) groups is 1. The normalized spacial score (nSPS) is 13.5. The largest absolute Gasteiger partial charge is 0.388 e. The van der Waals surface area contributed by atoms with Crippen molar-refractivity contribution in [1.29, 1.82) is 0 Å². The Morgan fingerprint density at radius 2 is 1.95 bits per heavy atom. The minimum Gasteiger partial charge on any atom is -0.388 e. The Labute approximate surface area is 251 Å². The molecule has 8 nitrogen and oxygen atoms in total. The highest BCUT2D eigenvalue weighted by Gasteiger charge is 2.16. The zero-order valence-corrected chi connectivity index (χ0v) is 25.3. The summed E-state index contributed by atoms with van der Waals surface area (Å²) < 4.78 is 16.6. The molecule has 224 valence electrons. The zero-order chi connectivity index (χ0) is 30.2. The fraction of sp³-hybridized carbons (Fsp3) is 0.406. The van der Waals surface area contributed by atoms with E-state index in [0.717, 1.165) is 56.2 Å². The van der Waals surface area contributed by atoms with E-state index in [2.05, 4.69) is 27.2 Å². The lowest BCUT2D eigenvalue weighted by molar-refractivity contribution is 0.490. The molecule has 10 heteroatoms. The third-order valence-electron chi connectivity index (χ3n) is 7.25. The van der Waals surface area contributed by atoms with Gasteiger partial charge in [0.25, 0.3) is 0 Å². The van der Waals surface area contributed by atoms with E-state index in [1.54, 1.807) is 31.3 Å². The molecule has 0 spiro atoms. The minimum absolute atomic E-state index is 0.0598. The van der Waals surface area contributed by atoms with Crippen LogP contribution in [0.4, 0.5) is 4.39 Å². The van der Waals surface area contributed by atoms with Gasteiger partial charge in [-0.2, -0.15) is 4.98 Å². The Morgan fingerprint density at radius 3 is 2.64 bits per heavy atom. The molecule has 2 aromatic carbocycles. The number of hydrogen-bond acceptors (Lipinski definition) is 5. The standard InChI is InChI=1S/C32H41ClFN7O/c1-4-7-28(38-15-6-14-37-21(3)36)23-10-12-25(13-11-23)41-19-24-18-29(39-31(24)40-32(41)42)26-16-22(9-5-8-20(2)35)17-27(33)30(26)34/h10-13,16-20,28,38H,4-9,14-15,35H2,1-3H3,(H2,36,37)(H,39,40,42). The third-order valence-corrected chi connectivity index (χ3v) is 7.52. The fourth-order valence-electron chi connectivity index (χ4n) is 5.09. The summed E-state index contributed by atoms with van der Waals surface area (Å²) in [5.74, 6) is 0.0893. The van der Waals surface area contributed by atoms with E-state index >= 15 is 4.39 Å². The first-order valence-corrected chi connectivity index (χ1v) is 15.0. The SMILES string of the molecule is CCCC(NCCCN=C(C)N)c1ccc(-n2cc3cc(-c4cc(CCCC(C)N)cc(Cl)c4F)[nH]c3nc2=O)cc1. The number of nitrogens with two attached hydrogens (primary N) is 2. The van der Waals surface area contributed by atoms with Gasteiger partial charge < -0.3 is 21.8 Å². The molecular weight excluding hydrogens is 553 g/mol. The van der Waals surface area contributed by atoms with Crippen LogP contribution in [-0.4, -0.2) is 39.5 Å². The molecule has 4 aromatic rings. The molecule has 0 aliphatic carbocycles. The van der Waals surface area contributed by atoms with E-state index in [9.17, 15) is 4.79 Å². The van der Waals surface area contributed by atoms with E-state index in [0.29, 0.717) is 40.4 Å². The van der Waals surface area contributed by atoms with Crippen LogP contribution in [0, 0.1) is 5.82 Å². The highest BCUT2D eigenvalue weighted by molar-refractivity contribution is 6.31. The number of aryl methyl sites for hydroxylation is 1. The molecule has 2 atom stereocenters. The van der Waals surface area contributed by atoms with Gasteiger partial charge in [0.15, 0.2) is 5.82 Å². The van der Waals surface area contributed by atoms with Crippen LogP contribution in [0.1, 0.15) is 70.0 Å². The van der Waals surface area contributed by atoms with Crippen LogP contribution >= 0.6 is 11.6 Å². The summed E-state index contributed by atoms with van der Waals surface area (Å²) in [5.41, 5.74) is 15.1. The van der Waals surface area contributed by atoms with Crippen molar-refractivity contribution in [3.05, 3.63) is 81.1 Å². The molecule has 0 aliphatic rings. The molecule has 2 heterocycles. The van der Waals surface area contributed by atoms with Gasteiger partial charge in [-0.25, -0.2) is 9.18 Å². The van der Waals surface area contributed by atoms with Crippen molar-refractivity contribution in [2.24, 2.45) is 16.5 Å². The maximum Gasteiger partial charge on any atom is 0.354 e. The number of aromatic amines is 1. The number of aromatic nitrogens is 3. The zero-order valence-electron chi connectivity index (χ0n) is 24.6. The van der Waals surface area contributed by atoms with E-state index in [-0.39, 0.29) is 17.1 Å². The van der Waals surface area contributed by atoms with Crippen molar-refractivity contribution in [3.63, 3.8) is 0 Å². The van der Waals surface area contributed by atoms with Crippen LogP contribution in [0.25, 0.3) is 28.0 Å². The second-order valence-corrected chi connectivity index (χ2v) is 11.4. The molecule has 2 unspecified atom stereocenters. The summed E-state index contributed by atoms with van der Waals surface area (Å²) >= 11 is 6.25. The summed E-state index contributed by atoms with van der Waals surface area (Å²) in [7, 11) is 0. The summed E-state index contributed by atoms with van der Waals surface area (Å²) in [6.07, 6.45) is 7.15. The Balaban J connectivity index is 1.56. The van der Waals surface area contributed by atoms with E-state index in [4.69, 9.17) is 23.1 Å². The number of hydrogen-bond donors (Lipinski definition) is 4. The molecular formula is C32H41ClFN7O. The number of H-pyrrole nitrogens is 1. The number of nitrogens with one attached hydrogen (secondary N) is 2. The van der Waals surface area contributed by atoms with E-state index in [1.807, 2.05) is 31.2 Å². The van der Waals surface area contributed by atoms with Gasteiger partial charge in [0.1, 0.15) is 5.65 Å². The van der Waals surface area contributed by atoms with Crippen molar-refractivity contribution in [3.8, 4) is 16.9 Å². The molecule has 0 bridgehead atoms. The Morgan fingerprint density at radius 1 is 1.19 bits per heavy atom. The van der Waals surface area contributed by atoms with Crippen molar-refractivity contribution in [1.82, 2.24) is 19.9 Å². The number of halogens is 2. The number of amidine groups is 1. The Bertz CT molecular complexity index is 1570. The molecule has 0 saturated carbocycles. The van der Waals surface area contributed by atoms with E-state index in [1.165, 1.54) is 4.57 Å². The lowest BCUT2D eigenvalue weighted by atomic mass is 10.0. The smallest absolute Gasteiger partial charge is 0.354 e. The second kappa shape index (κ2) is 14.6. The maximum atomic E-state index is 15.1. The molecule has 0 radical (unpaired) electrons.